The lowest BCUT2D eigenvalue weighted by Crippen LogP contribution is -2.05. The first-order chi connectivity index (χ1) is 15.5. The van der Waals surface area contributed by atoms with E-state index in [0.717, 1.165) is 11.1 Å². The van der Waals surface area contributed by atoms with Gasteiger partial charge in [0.15, 0.2) is 17.2 Å². The maximum absolute atomic E-state index is 12.3. The highest BCUT2D eigenvalue weighted by Gasteiger charge is 2.24. The summed E-state index contributed by atoms with van der Waals surface area (Å²) in [5.41, 5.74) is 2.54. The molecule has 3 aromatic rings. The molecule has 32 heavy (non-hydrogen) atoms. The highest BCUT2D eigenvalue weighted by atomic mass is 35.5. The van der Waals surface area contributed by atoms with Gasteiger partial charge in [-0.2, -0.15) is 0 Å². The fraction of sp³-hybridized carbons (Fsp3) is 0.120. The molecule has 0 fully saturated rings. The van der Waals surface area contributed by atoms with Gasteiger partial charge in [0.2, 0.25) is 5.90 Å². The van der Waals surface area contributed by atoms with Crippen molar-refractivity contribution >= 4 is 41.1 Å². The number of hydrogen-bond acceptors (Lipinski definition) is 5. The second-order valence-electron chi connectivity index (χ2n) is 6.90. The highest BCUT2D eigenvalue weighted by molar-refractivity contribution is 6.31. The van der Waals surface area contributed by atoms with E-state index in [4.69, 9.17) is 37.4 Å². The summed E-state index contributed by atoms with van der Waals surface area (Å²) >= 11 is 11.9. The molecule has 4 rings (SSSR count). The van der Waals surface area contributed by atoms with Gasteiger partial charge in [-0.3, -0.25) is 0 Å². The number of cyclic esters (lactones) is 1. The van der Waals surface area contributed by atoms with Crippen molar-refractivity contribution in [2.45, 2.75) is 13.5 Å². The third-order valence-electron chi connectivity index (χ3n) is 4.57. The van der Waals surface area contributed by atoms with E-state index in [-0.39, 0.29) is 11.6 Å². The van der Waals surface area contributed by atoms with Crippen LogP contribution in [0.3, 0.4) is 0 Å². The number of carbonyl (C=O) groups excluding carboxylic acids is 1. The van der Waals surface area contributed by atoms with Crippen molar-refractivity contribution in [2.24, 2.45) is 4.99 Å². The predicted molar refractivity (Wildman–Crippen MR) is 125 cm³/mol. The van der Waals surface area contributed by atoms with Crippen molar-refractivity contribution in [2.75, 3.05) is 6.61 Å². The summed E-state index contributed by atoms with van der Waals surface area (Å²) in [6, 6.07) is 19.9. The Kier molecular flexibility index (Phi) is 6.78. The van der Waals surface area contributed by atoms with Gasteiger partial charge >= 0.3 is 5.97 Å². The summed E-state index contributed by atoms with van der Waals surface area (Å²) in [5, 5.41) is 1.21. The van der Waals surface area contributed by atoms with Crippen LogP contribution >= 0.6 is 23.2 Å². The number of ether oxygens (including phenoxy) is 3. The van der Waals surface area contributed by atoms with E-state index in [1.807, 2.05) is 37.3 Å². The standard InChI is InChI=1S/C25H19Cl2NO4/c1-2-30-23-13-17(8-11-22(23)31-15-16-6-9-19(26)10-7-16)12-21-25(29)32-24(28-21)18-4-3-5-20(27)14-18/h3-14H,2,15H2,1H3/b21-12-. The fourth-order valence-corrected chi connectivity index (χ4v) is 3.37. The first-order valence-electron chi connectivity index (χ1n) is 9.94. The van der Waals surface area contributed by atoms with Gasteiger partial charge in [0.25, 0.3) is 0 Å². The van der Waals surface area contributed by atoms with Crippen LogP contribution in [0.1, 0.15) is 23.6 Å². The number of rotatable bonds is 7. The molecular weight excluding hydrogens is 449 g/mol. The van der Waals surface area contributed by atoms with Crippen LogP contribution in [0, 0.1) is 0 Å². The van der Waals surface area contributed by atoms with Gasteiger partial charge in [0, 0.05) is 15.6 Å². The number of nitrogens with zero attached hydrogens (tertiary/aromatic N) is 1. The second-order valence-corrected chi connectivity index (χ2v) is 7.77. The normalized spacial score (nSPS) is 14.3. The molecular formula is C25H19Cl2NO4. The van der Waals surface area contributed by atoms with Gasteiger partial charge in [0.05, 0.1) is 6.61 Å². The molecule has 0 atom stereocenters. The zero-order valence-electron chi connectivity index (χ0n) is 17.2. The van der Waals surface area contributed by atoms with Crippen LogP contribution in [-0.4, -0.2) is 18.5 Å². The molecule has 0 unspecified atom stereocenters. The summed E-state index contributed by atoms with van der Waals surface area (Å²) in [7, 11) is 0. The molecule has 5 nitrogen and oxygen atoms in total. The van der Waals surface area contributed by atoms with Crippen LogP contribution in [0.15, 0.2) is 77.4 Å². The number of esters is 1. The summed E-state index contributed by atoms with van der Waals surface area (Å²) < 4.78 is 17.0. The molecule has 3 aromatic carbocycles. The zero-order chi connectivity index (χ0) is 22.5. The van der Waals surface area contributed by atoms with Crippen LogP contribution in [0.2, 0.25) is 10.0 Å². The molecule has 1 aliphatic rings. The number of benzene rings is 3. The smallest absolute Gasteiger partial charge is 0.363 e. The van der Waals surface area contributed by atoms with Crippen molar-refractivity contribution in [1.82, 2.24) is 0 Å². The molecule has 0 saturated heterocycles. The minimum Gasteiger partial charge on any atom is -0.490 e. The average Bonchev–Trinajstić information content (AvgIpc) is 3.15. The minimum atomic E-state index is -0.527. The molecule has 0 amide bonds. The van der Waals surface area contributed by atoms with Crippen molar-refractivity contribution in [3.05, 3.63) is 99.2 Å². The molecule has 0 bridgehead atoms. The molecule has 1 heterocycles. The Morgan fingerprint density at radius 1 is 0.938 bits per heavy atom. The third-order valence-corrected chi connectivity index (χ3v) is 5.06. The summed E-state index contributed by atoms with van der Waals surface area (Å²) in [5.74, 6) is 0.861. The lowest BCUT2D eigenvalue weighted by Gasteiger charge is -2.13. The maximum Gasteiger partial charge on any atom is 0.363 e. The number of halogens is 2. The molecule has 0 radical (unpaired) electrons. The molecule has 0 saturated carbocycles. The number of carbonyl (C=O) groups is 1. The quantitative estimate of drug-likeness (QED) is 0.301. The lowest BCUT2D eigenvalue weighted by atomic mass is 10.1. The largest absolute Gasteiger partial charge is 0.490 e. The SMILES string of the molecule is CCOc1cc(/C=C2\N=C(c3cccc(Cl)c3)OC2=O)ccc1OCc1ccc(Cl)cc1. The number of aliphatic imine (C=N–C) groups is 1. The van der Waals surface area contributed by atoms with Crippen LogP contribution in [-0.2, 0) is 16.1 Å². The third kappa shape index (κ3) is 5.31. The van der Waals surface area contributed by atoms with E-state index in [0.29, 0.717) is 40.3 Å². The fourth-order valence-electron chi connectivity index (χ4n) is 3.06. The van der Waals surface area contributed by atoms with Gasteiger partial charge < -0.3 is 14.2 Å². The second kappa shape index (κ2) is 9.90. The van der Waals surface area contributed by atoms with Crippen LogP contribution in [0.25, 0.3) is 6.08 Å². The van der Waals surface area contributed by atoms with E-state index in [1.165, 1.54) is 0 Å². The van der Waals surface area contributed by atoms with Gasteiger partial charge in [-0.05, 0) is 66.6 Å². The average molecular weight is 468 g/mol. The van der Waals surface area contributed by atoms with Crippen LogP contribution in [0.4, 0.5) is 0 Å². The van der Waals surface area contributed by atoms with Gasteiger partial charge in [0.1, 0.15) is 6.61 Å². The lowest BCUT2D eigenvalue weighted by molar-refractivity contribution is -0.129. The van der Waals surface area contributed by atoms with Crippen LogP contribution in [0.5, 0.6) is 11.5 Å². The summed E-state index contributed by atoms with van der Waals surface area (Å²) in [4.78, 5) is 16.6. The Labute approximate surface area is 195 Å². The Hall–Kier alpha value is -3.28. The zero-order valence-corrected chi connectivity index (χ0v) is 18.7. The van der Waals surface area contributed by atoms with Gasteiger partial charge in [-0.15, -0.1) is 0 Å². The molecule has 0 N–H and O–H groups in total. The van der Waals surface area contributed by atoms with E-state index in [2.05, 4.69) is 4.99 Å². The molecule has 162 valence electrons. The number of hydrogen-bond donors (Lipinski definition) is 0. The van der Waals surface area contributed by atoms with Crippen molar-refractivity contribution in [1.29, 1.82) is 0 Å². The Bertz CT molecular complexity index is 1200. The predicted octanol–water partition coefficient (Wildman–Crippen LogP) is 6.32. The molecule has 0 aromatic heterocycles. The summed E-state index contributed by atoms with van der Waals surface area (Å²) in [6.07, 6.45) is 1.64. The Morgan fingerprint density at radius 2 is 1.75 bits per heavy atom. The van der Waals surface area contributed by atoms with Crippen molar-refractivity contribution < 1.29 is 19.0 Å². The van der Waals surface area contributed by atoms with E-state index in [1.54, 1.807) is 42.5 Å². The first-order valence-corrected chi connectivity index (χ1v) is 10.7. The van der Waals surface area contributed by atoms with Crippen LogP contribution < -0.4 is 9.47 Å². The minimum absolute atomic E-state index is 0.192. The van der Waals surface area contributed by atoms with E-state index in [9.17, 15) is 4.79 Å². The van der Waals surface area contributed by atoms with Gasteiger partial charge in [-0.25, -0.2) is 9.79 Å². The van der Waals surface area contributed by atoms with E-state index < -0.39 is 5.97 Å². The summed E-state index contributed by atoms with van der Waals surface area (Å²) in [6.45, 7) is 2.73. The van der Waals surface area contributed by atoms with Gasteiger partial charge in [-0.1, -0.05) is 47.5 Å². The molecule has 0 spiro atoms. The molecule has 7 heteroatoms. The Balaban J connectivity index is 1.55. The monoisotopic (exact) mass is 467 g/mol. The Morgan fingerprint density at radius 3 is 2.50 bits per heavy atom. The first kappa shape index (κ1) is 21.9. The maximum atomic E-state index is 12.3. The van der Waals surface area contributed by atoms with Crippen molar-refractivity contribution in [3.63, 3.8) is 0 Å². The topological polar surface area (TPSA) is 57.1 Å². The van der Waals surface area contributed by atoms with E-state index >= 15 is 0 Å². The molecule has 1 aliphatic heterocycles. The van der Waals surface area contributed by atoms with Crippen molar-refractivity contribution in [3.8, 4) is 11.5 Å². The highest BCUT2D eigenvalue weighted by Crippen LogP contribution is 2.31. The molecule has 0 aliphatic carbocycles.